The lowest BCUT2D eigenvalue weighted by Gasteiger charge is -2.20. The second-order valence-corrected chi connectivity index (χ2v) is 6.46. The summed E-state index contributed by atoms with van der Waals surface area (Å²) in [6.45, 7) is 9.09. The Hall–Kier alpha value is -1.58. The van der Waals surface area contributed by atoms with Gasteiger partial charge in [-0.2, -0.15) is 0 Å². The highest BCUT2D eigenvalue weighted by Gasteiger charge is 2.10. The van der Waals surface area contributed by atoms with Gasteiger partial charge in [-0.25, -0.2) is 0 Å². The highest BCUT2D eigenvalue weighted by atomic mass is 35.5. The first kappa shape index (κ1) is 15.8. The molecule has 112 valence electrons. The highest BCUT2D eigenvalue weighted by molar-refractivity contribution is 6.32. The molecule has 4 heteroatoms. The molecule has 2 aromatic rings. The van der Waals surface area contributed by atoms with Gasteiger partial charge in [0, 0.05) is 18.3 Å². The molecule has 0 fully saturated rings. The Bertz CT molecular complexity index is 620. The number of hydrogen-bond donors (Lipinski definition) is 1. The molecule has 1 heterocycles. The Labute approximate surface area is 131 Å². The second-order valence-electron chi connectivity index (χ2n) is 6.06. The smallest absolute Gasteiger partial charge is 0.148 e. The number of aromatic nitrogens is 1. The molecule has 0 aliphatic rings. The largest absolute Gasteiger partial charge is 0.454 e. The van der Waals surface area contributed by atoms with Crippen molar-refractivity contribution in [2.45, 2.75) is 39.8 Å². The van der Waals surface area contributed by atoms with E-state index in [2.05, 4.69) is 31.1 Å². The van der Waals surface area contributed by atoms with Gasteiger partial charge in [0.05, 0.1) is 10.7 Å². The summed E-state index contributed by atoms with van der Waals surface area (Å²) in [6, 6.07) is 9.58. The fraction of sp³-hybridized carbons (Fsp3) is 0.353. The molecule has 1 aromatic heterocycles. The van der Waals surface area contributed by atoms with Crippen LogP contribution in [0.1, 0.15) is 32.0 Å². The van der Waals surface area contributed by atoms with Gasteiger partial charge in [-0.3, -0.25) is 4.98 Å². The zero-order chi connectivity index (χ0) is 15.5. The molecule has 0 radical (unpaired) electrons. The maximum absolute atomic E-state index is 6.31. The van der Waals surface area contributed by atoms with Crippen LogP contribution in [0.2, 0.25) is 5.02 Å². The van der Waals surface area contributed by atoms with E-state index in [0.717, 1.165) is 23.6 Å². The first-order chi connectivity index (χ1) is 9.85. The van der Waals surface area contributed by atoms with Crippen LogP contribution < -0.4 is 10.1 Å². The van der Waals surface area contributed by atoms with Crippen LogP contribution in [-0.4, -0.2) is 10.5 Å². The lowest BCUT2D eigenvalue weighted by molar-refractivity contribution is 0.424. The van der Waals surface area contributed by atoms with Crippen molar-refractivity contribution in [3.05, 3.63) is 52.8 Å². The Morgan fingerprint density at radius 3 is 2.57 bits per heavy atom. The monoisotopic (exact) mass is 304 g/mol. The molecule has 0 saturated heterocycles. The van der Waals surface area contributed by atoms with E-state index in [4.69, 9.17) is 16.3 Å². The Morgan fingerprint density at radius 1 is 1.19 bits per heavy atom. The first-order valence-corrected chi connectivity index (χ1v) is 7.36. The third-order valence-electron chi connectivity index (χ3n) is 3.00. The molecule has 1 aromatic carbocycles. The zero-order valence-corrected chi connectivity index (χ0v) is 13.7. The van der Waals surface area contributed by atoms with Crippen molar-refractivity contribution >= 4 is 11.6 Å². The number of halogens is 1. The summed E-state index contributed by atoms with van der Waals surface area (Å²) in [5.41, 5.74) is 2.05. The van der Waals surface area contributed by atoms with E-state index in [1.165, 1.54) is 0 Å². The molecule has 0 atom stereocenters. The van der Waals surface area contributed by atoms with Crippen LogP contribution in [0.3, 0.4) is 0 Å². The fourth-order valence-corrected chi connectivity index (χ4v) is 2.04. The molecule has 0 spiro atoms. The molecule has 0 unspecified atom stereocenters. The van der Waals surface area contributed by atoms with E-state index in [1.54, 1.807) is 6.20 Å². The lowest BCUT2D eigenvalue weighted by Crippen LogP contribution is -2.35. The molecule has 3 nitrogen and oxygen atoms in total. The SMILES string of the molecule is Cc1ncccc1Oc1ccc(CNC(C)(C)C)cc1Cl. The molecule has 21 heavy (non-hydrogen) atoms. The summed E-state index contributed by atoms with van der Waals surface area (Å²) in [7, 11) is 0. The Morgan fingerprint density at radius 2 is 1.95 bits per heavy atom. The van der Waals surface area contributed by atoms with E-state index in [-0.39, 0.29) is 5.54 Å². The fourth-order valence-electron chi connectivity index (χ4n) is 1.80. The summed E-state index contributed by atoms with van der Waals surface area (Å²) < 4.78 is 5.83. The molecule has 0 aliphatic heterocycles. The number of pyridine rings is 1. The van der Waals surface area contributed by atoms with Crippen molar-refractivity contribution < 1.29 is 4.74 Å². The quantitative estimate of drug-likeness (QED) is 0.887. The number of rotatable bonds is 4. The molecule has 0 aliphatic carbocycles. The Kier molecular flexibility index (Phi) is 4.86. The highest BCUT2D eigenvalue weighted by Crippen LogP contribution is 2.31. The van der Waals surface area contributed by atoms with Gasteiger partial charge in [0.15, 0.2) is 0 Å². The predicted molar refractivity (Wildman–Crippen MR) is 87.1 cm³/mol. The van der Waals surface area contributed by atoms with Crippen molar-refractivity contribution in [3.8, 4) is 11.5 Å². The molecule has 0 saturated carbocycles. The molecule has 0 amide bonds. The maximum atomic E-state index is 6.31. The van der Waals surface area contributed by atoms with Crippen molar-refractivity contribution in [1.29, 1.82) is 0 Å². The third-order valence-corrected chi connectivity index (χ3v) is 3.29. The van der Waals surface area contributed by atoms with Crippen LogP contribution >= 0.6 is 11.6 Å². The minimum absolute atomic E-state index is 0.0778. The topological polar surface area (TPSA) is 34.1 Å². The van der Waals surface area contributed by atoms with Gasteiger partial charge in [0.2, 0.25) is 0 Å². The van der Waals surface area contributed by atoms with Crippen LogP contribution in [0.5, 0.6) is 11.5 Å². The molecule has 2 rings (SSSR count). The molecular weight excluding hydrogens is 284 g/mol. The predicted octanol–water partition coefficient (Wildman–Crippen LogP) is 4.72. The van der Waals surface area contributed by atoms with Gasteiger partial charge < -0.3 is 10.1 Å². The van der Waals surface area contributed by atoms with Crippen molar-refractivity contribution in [2.24, 2.45) is 0 Å². The van der Waals surface area contributed by atoms with Gasteiger partial charge >= 0.3 is 0 Å². The molecular formula is C17H21ClN2O. The summed E-state index contributed by atoms with van der Waals surface area (Å²) >= 11 is 6.31. The minimum Gasteiger partial charge on any atom is -0.454 e. The molecule has 0 bridgehead atoms. The Balaban J connectivity index is 2.11. The third kappa shape index (κ3) is 4.73. The standard InChI is InChI=1S/C17H21ClN2O/c1-12-15(6-5-9-19-12)21-16-8-7-13(10-14(16)18)11-20-17(2,3)4/h5-10,20H,11H2,1-4H3. The summed E-state index contributed by atoms with van der Waals surface area (Å²) in [4.78, 5) is 4.20. The van der Waals surface area contributed by atoms with Crippen molar-refractivity contribution in [3.63, 3.8) is 0 Å². The van der Waals surface area contributed by atoms with Gasteiger partial charge in [-0.05, 0) is 57.5 Å². The average molecular weight is 305 g/mol. The van der Waals surface area contributed by atoms with Gasteiger partial charge in [-0.1, -0.05) is 17.7 Å². The number of aryl methyl sites for hydroxylation is 1. The van der Waals surface area contributed by atoms with Crippen LogP contribution in [0, 0.1) is 6.92 Å². The number of ether oxygens (including phenoxy) is 1. The minimum atomic E-state index is 0.0778. The van der Waals surface area contributed by atoms with Crippen molar-refractivity contribution in [2.75, 3.05) is 0 Å². The van der Waals surface area contributed by atoms with Crippen LogP contribution in [0.25, 0.3) is 0 Å². The first-order valence-electron chi connectivity index (χ1n) is 6.98. The van der Waals surface area contributed by atoms with E-state index in [1.807, 2.05) is 37.3 Å². The average Bonchev–Trinajstić information content (AvgIpc) is 2.41. The van der Waals surface area contributed by atoms with E-state index in [0.29, 0.717) is 10.8 Å². The van der Waals surface area contributed by atoms with Crippen molar-refractivity contribution in [1.82, 2.24) is 10.3 Å². The van der Waals surface area contributed by atoms with Gasteiger partial charge in [0.25, 0.3) is 0 Å². The number of nitrogens with zero attached hydrogens (tertiary/aromatic N) is 1. The number of benzene rings is 1. The normalized spacial score (nSPS) is 11.5. The summed E-state index contributed by atoms with van der Waals surface area (Å²) in [5, 5.41) is 4.04. The second kappa shape index (κ2) is 6.46. The van der Waals surface area contributed by atoms with Crippen LogP contribution in [0.15, 0.2) is 36.5 Å². The summed E-state index contributed by atoms with van der Waals surface area (Å²) in [6.07, 6.45) is 1.74. The zero-order valence-electron chi connectivity index (χ0n) is 12.9. The molecule has 1 N–H and O–H groups in total. The number of hydrogen-bond acceptors (Lipinski definition) is 3. The van der Waals surface area contributed by atoms with Crippen LogP contribution in [-0.2, 0) is 6.54 Å². The lowest BCUT2D eigenvalue weighted by atomic mass is 10.1. The maximum Gasteiger partial charge on any atom is 0.148 e. The van der Waals surface area contributed by atoms with Crippen LogP contribution in [0.4, 0.5) is 0 Å². The number of nitrogens with one attached hydrogen (secondary N) is 1. The summed E-state index contributed by atoms with van der Waals surface area (Å²) in [5.74, 6) is 1.37. The van der Waals surface area contributed by atoms with E-state index < -0.39 is 0 Å². The van der Waals surface area contributed by atoms with Gasteiger partial charge in [-0.15, -0.1) is 0 Å². The van der Waals surface area contributed by atoms with E-state index in [9.17, 15) is 0 Å². The van der Waals surface area contributed by atoms with Gasteiger partial charge in [0.1, 0.15) is 11.5 Å². The van der Waals surface area contributed by atoms with E-state index >= 15 is 0 Å².